The minimum atomic E-state index is 0.248. The zero-order chi connectivity index (χ0) is 14.7. The minimum absolute atomic E-state index is 0.248. The first-order valence-corrected chi connectivity index (χ1v) is 7.01. The molecular weight excluding hydrogens is 272 g/mol. The maximum absolute atomic E-state index is 6.07. The molecule has 0 N–H and O–H groups in total. The standard InChI is InChI=1S/C15H19ClN4/c1-10(2)15-18-13(16)8-14(19-15)20(4)9-12-7-5-6-11(3)17-12/h5-8,10H,9H2,1-4H3. The second kappa shape index (κ2) is 6.18. The van der Waals surface area contributed by atoms with E-state index in [1.54, 1.807) is 6.07 Å². The van der Waals surface area contributed by atoms with Crippen LogP contribution in [-0.2, 0) is 6.54 Å². The van der Waals surface area contributed by atoms with Crippen LogP contribution < -0.4 is 4.90 Å². The van der Waals surface area contributed by atoms with Gasteiger partial charge in [-0.3, -0.25) is 4.98 Å². The van der Waals surface area contributed by atoms with Crippen LogP contribution in [0, 0.1) is 6.92 Å². The first-order valence-electron chi connectivity index (χ1n) is 6.64. The molecule has 20 heavy (non-hydrogen) atoms. The van der Waals surface area contributed by atoms with E-state index in [2.05, 4.69) is 28.8 Å². The zero-order valence-corrected chi connectivity index (χ0v) is 13.0. The Kier molecular flexibility index (Phi) is 4.55. The number of aromatic nitrogens is 3. The Bertz CT molecular complexity index is 598. The molecule has 0 saturated heterocycles. The third-order valence-electron chi connectivity index (χ3n) is 2.95. The van der Waals surface area contributed by atoms with Crippen LogP contribution in [-0.4, -0.2) is 22.0 Å². The van der Waals surface area contributed by atoms with Crippen molar-refractivity contribution in [2.75, 3.05) is 11.9 Å². The van der Waals surface area contributed by atoms with E-state index >= 15 is 0 Å². The van der Waals surface area contributed by atoms with Crippen LogP contribution in [0.25, 0.3) is 0 Å². The lowest BCUT2D eigenvalue weighted by Crippen LogP contribution is -2.19. The molecule has 2 heterocycles. The van der Waals surface area contributed by atoms with Crippen LogP contribution in [0.1, 0.15) is 37.0 Å². The van der Waals surface area contributed by atoms with Crippen molar-refractivity contribution in [2.45, 2.75) is 33.2 Å². The van der Waals surface area contributed by atoms with E-state index in [1.807, 2.05) is 37.1 Å². The molecule has 0 radical (unpaired) electrons. The molecule has 0 atom stereocenters. The van der Waals surface area contributed by atoms with E-state index in [1.165, 1.54) is 0 Å². The second-order valence-electron chi connectivity index (χ2n) is 5.19. The lowest BCUT2D eigenvalue weighted by atomic mass is 10.2. The molecule has 0 saturated carbocycles. The number of nitrogens with zero attached hydrogens (tertiary/aromatic N) is 4. The van der Waals surface area contributed by atoms with Crippen LogP contribution in [0.3, 0.4) is 0 Å². The van der Waals surface area contributed by atoms with Gasteiger partial charge >= 0.3 is 0 Å². The second-order valence-corrected chi connectivity index (χ2v) is 5.58. The summed E-state index contributed by atoms with van der Waals surface area (Å²) in [7, 11) is 1.98. The SMILES string of the molecule is Cc1cccc(CN(C)c2cc(Cl)nc(C(C)C)n2)n1. The highest BCUT2D eigenvalue weighted by Gasteiger charge is 2.11. The molecule has 2 aromatic heterocycles. The average Bonchev–Trinajstić information content (AvgIpc) is 2.37. The third kappa shape index (κ3) is 3.67. The van der Waals surface area contributed by atoms with Crippen LogP contribution in [0.5, 0.6) is 0 Å². The lowest BCUT2D eigenvalue weighted by molar-refractivity contribution is 0.759. The molecule has 0 aromatic carbocycles. The summed E-state index contributed by atoms with van der Waals surface area (Å²) < 4.78 is 0. The summed E-state index contributed by atoms with van der Waals surface area (Å²) in [6.07, 6.45) is 0. The van der Waals surface area contributed by atoms with Gasteiger partial charge in [0.15, 0.2) is 0 Å². The van der Waals surface area contributed by atoms with Gasteiger partial charge in [0.2, 0.25) is 0 Å². The van der Waals surface area contributed by atoms with E-state index < -0.39 is 0 Å². The van der Waals surface area contributed by atoms with Crippen molar-refractivity contribution in [1.82, 2.24) is 15.0 Å². The summed E-state index contributed by atoms with van der Waals surface area (Å²) >= 11 is 6.07. The van der Waals surface area contributed by atoms with Crippen LogP contribution in [0.4, 0.5) is 5.82 Å². The molecule has 0 aliphatic carbocycles. The molecule has 2 rings (SSSR count). The molecule has 0 amide bonds. The van der Waals surface area contributed by atoms with Gasteiger partial charge in [0.25, 0.3) is 0 Å². The zero-order valence-electron chi connectivity index (χ0n) is 12.3. The summed E-state index contributed by atoms with van der Waals surface area (Å²) in [5.74, 6) is 1.83. The molecule has 0 unspecified atom stereocenters. The number of halogens is 1. The maximum atomic E-state index is 6.07. The van der Waals surface area contributed by atoms with E-state index in [0.717, 1.165) is 23.0 Å². The van der Waals surface area contributed by atoms with E-state index in [9.17, 15) is 0 Å². The van der Waals surface area contributed by atoms with Crippen LogP contribution in [0.2, 0.25) is 5.15 Å². The summed E-state index contributed by atoms with van der Waals surface area (Å²) in [5.41, 5.74) is 2.02. The number of hydrogen-bond donors (Lipinski definition) is 0. The maximum Gasteiger partial charge on any atom is 0.135 e. The molecule has 0 spiro atoms. The topological polar surface area (TPSA) is 41.9 Å². The molecule has 106 valence electrons. The van der Waals surface area contributed by atoms with E-state index in [-0.39, 0.29) is 5.92 Å². The van der Waals surface area contributed by atoms with Gasteiger partial charge in [-0.2, -0.15) is 0 Å². The predicted octanol–water partition coefficient (Wildman–Crippen LogP) is 3.59. The number of hydrogen-bond acceptors (Lipinski definition) is 4. The third-order valence-corrected chi connectivity index (χ3v) is 3.14. The predicted molar refractivity (Wildman–Crippen MR) is 82.2 cm³/mol. The van der Waals surface area contributed by atoms with E-state index in [0.29, 0.717) is 11.7 Å². The first-order chi connectivity index (χ1) is 9.45. The Labute approximate surface area is 124 Å². The van der Waals surface area contributed by atoms with Crippen molar-refractivity contribution in [1.29, 1.82) is 0 Å². The number of rotatable bonds is 4. The highest BCUT2D eigenvalue weighted by Crippen LogP contribution is 2.20. The van der Waals surface area contributed by atoms with Crippen molar-refractivity contribution in [3.05, 3.63) is 46.6 Å². The summed E-state index contributed by atoms with van der Waals surface area (Å²) in [4.78, 5) is 15.3. The molecule has 5 heteroatoms. The van der Waals surface area contributed by atoms with E-state index in [4.69, 9.17) is 11.6 Å². The minimum Gasteiger partial charge on any atom is -0.354 e. The van der Waals surface area contributed by atoms with Gasteiger partial charge in [0.05, 0.1) is 12.2 Å². The number of aryl methyl sites for hydroxylation is 1. The Balaban J connectivity index is 2.22. The van der Waals surface area contributed by atoms with Gasteiger partial charge < -0.3 is 4.90 Å². The van der Waals surface area contributed by atoms with Gasteiger partial charge in [0.1, 0.15) is 16.8 Å². The summed E-state index contributed by atoms with van der Waals surface area (Å²) in [6.45, 7) is 6.78. The highest BCUT2D eigenvalue weighted by atomic mass is 35.5. The Hall–Kier alpha value is -1.68. The molecule has 4 nitrogen and oxygen atoms in total. The smallest absolute Gasteiger partial charge is 0.135 e. The fraction of sp³-hybridized carbons (Fsp3) is 0.400. The fourth-order valence-corrected chi connectivity index (χ4v) is 2.07. The highest BCUT2D eigenvalue weighted by molar-refractivity contribution is 6.29. The summed E-state index contributed by atoms with van der Waals surface area (Å²) in [5, 5.41) is 0.475. The van der Waals surface area contributed by atoms with Crippen LogP contribution in [0.15, 0.2) is 24.3 Å². The summed E-state index contributed by atoms with van der Waals surface area (Å²) in [6, 6.07) is 7.79. The van der Waals surface area contributed by atoms with Crippen LogP contribution >= 0.6 is 11.6 Å². The Morgan fingerprint density at radius 1 is 1.20 bits per heavy atom. The largest absolute Gasteiger partial charge is 0.354 e. The number of pyridine rings is 1. The van der Waals surface area contributed by atoms with Crippen molar-refractivity contribution in [3.8, 4) is 0 Å². The van der Waals surface area contributed by atoms with Gasteiger partial charge in [-0.15, -0.1) is 0 Å². The molecule has 2 aromatic rings. The molecule has 0 aliphatic heterocycles. The molecular formula is C15H19ClN4. The normalized spacial score (nSPS) is 10.9. The van der Waals surface area contributed by atoms with Gasteiger partial charge in [-0.05, 0) is 19.1 Å². The first kappa shape index (κ1) is 14.7. The van der Waals surface area contributed by atoms with Crippen molar-refractivity contribution in [3.63, 3.8) is 0 Å². The van der Waals surface area contributed by atoms with Gasteiger partial charge in [-0.1, -0.05) is 31.5 Å². The fourth-order valence-electron chi connectivity index (χ4n) is 1.89. The Morgan fingerprint density at radius 2 is 1.95 bits per heavy atom. The van der Waals surface area contributed by atoms with Gasteiger partial charge in [0, 0.05) is 24.7 Å². The molecule has 0 aliphatic rings. The quantitative estimate of drug-likeness (QED) is 0.807. The van der Waals surface area contributed by atoms with Gasteiger partial charge in [-0.25, -0.2) is 9.97 Å². The molecule has 0 bridgehead atoms. The van der Waals surface area contributed by atoms with Crippen molar-refractivity contribution < 1.29 is 0 Å². The van der Waals surface area contributed by atoms with Crippen molar-refractivity contribution >= 4 is 17.4 Å². The lowest BCUT2D eigenvalue weighted by Gasteiger charge is -2.19. The van der Waals surface area contributed by atoms with Crippen molar-refractivity contribution in [2.24, 2.45) is 0 Å². The Morgan fingerprint density at radius 3 is 2.60 bits per heavy atom. The average molecular weight is 291 g/mol. The molecule has 0 fully saturated rings. The number of anilines is 1. The monoisotopic (exact) mass is 290 g/mol.